The average Bonchev–Trinajstić information content (AvgIpc) is 2.55. The van der Waals surface area contributed by atoms with Gasteiger partial charge in [-0.1, -0.05) is 37.3 Å². The minimum Gasteiger partial charge on any atom is -0.242 e. The standard InChI is InChI=1S/C15H12F5NS/c1-2-21(8-9-6-4-3-5-7-9)22-15-13(19)11(17)10(16)12(18)14(15)20/h3-7H,2,8H2,1H3. The van der Waals surface area contributed by atoms with Crippen LogP contribution in [0.15, 0.2) is 35.2 Å². The number of rotatable bonds is 5. The molecule has 0 heterocycles. The molecule has 0 atom stereocenters. The number of halogens is 5. The van der Waals surface area contributed by atoms with Gasteiger partial charge in [0.05, 0.1) is 0 Å². The summed E-state index contributed by atoms with van der Waals surface area (Å²) in [6.45, 7) is 2.39. The third kappa shape index (κ3) is 3.41. The first-order valence-corrected chi connectivity index (χ1v) is 7.21. The highest BCUT2D eigenvalue weighted by atomic mass is 32.2. The van der Waals surface area contributed by atoms with Crippen LogP contribution in [0.4, 0.5) is 22.0 Å². The zero-order valence-corrected chi connectivity index (χ0v) is 12.4. The molecule has 0 fully saturated rings. The molecule has 0 aliphatic carbocycles. The maximum atomic E-state index is 13.7. The second kappa shape index (κ2) is 7.11. The predicted molar refractivity (Wildman–Crippen MR) is 74.6 cm³/mol. The highest BCUT2D eigenvalue weighted by Gasteiger charge is 2.27. The molecular formula is C15H12F5NS. The predicted octanol–water partition coefficient (Wildman–Crippen LogP) is 4.91. The fourth-order valence-corrected chi connectivity index (χ4v) is 2.73. The molecule has 2 aromatic rings. The van der Waals surface area contributed by atoms with Gasteiger partial charge in [-0.3, -0.25) is 0 Å². The lowest BCUT2D eigenvalue weighted by Gasteiger charge is -2.20. The topological polar surface area (TPSA) is 3.24 Å². The third-order valence-corrected chi connectivity index (χ3v) is 4.13. The molecule has 118 valence electrons. The van der Waals surface area contributed by atoms with E-state index in [-0.39, 0.29) is 0 Å². The normalized spacial score (nSPS) is 11.2. The maximum absolute atomic E-state index is 13.7. The molecule has 2 aromatic carbocycles. The van der Waals surface area contributed by atoms with Crippen LogP contribution in [0.1, 0.15) is 12.5 Å². The van der Waals surface area contributed by atoms with Gasteiger partial charge < -0.3 is 0 Å². The van der Waals surface area contributed by atoms with Gasteiger partial charge in [0.25, 0.3) is 0 Å². The Morgan fingerprint density at radius 1 is 0.818 bits per heavy atom. The molecule has 0 radical (unpaired) electrons. The summed E-state index contributed by atoms with van der Waals surface area (Å²) in [7, 11) is 0. The minimum absolute atomic E-state index is 0.307. The lowest BCUT2D eigenvalue weighted by molar-refractivity contribution is 0.358. The van der Waals surface area contributed by atoms with E-state index in [0.717, 1.165) is 5.56 Å². The van der Waals surface area contributed by atoms with Crippen molar-refractivity contribution < 1.29 is 22.0 Å². The Bertz CT molecular complexity index is 634. The monoisotopic (exact) mass is 333 g/mol. The van der Waals surface area contributed by atoms with E-state index in [2.05, 4.69) is 0 Å². The van der Waals surface area contributed by atoms with E-state index < -0.39 is 34.0 Å². The van der Waals surface area contributed by atoms with Crippen LogP contribution in [-0.4, -0.2) is 10.8 Å². The van der Waals surface area contributed by atoms with Crippen LogP contribution < -0.4 is 0 Å². The van der Waals surface area contributed by atoms with Gasteiger partial charge in [0.15, 0.2) is 23.3 Å². The van der Waals surface area contributed by atoms with Crippen LogP contribution in [-0.2, 0) is 6.54 Å². The third-order valence-electron chi connectivity index (χ3n) is 2.94. The van der Waals surface area contributed by atoms with E-state index >= 15 is 0 Å². The summed E-state index contributed by atoms with van der Waals surface area (Å²) in [5.74, 6) is -9.64. The van der Waals surface area contributed by atoms with E-state index in [4.69, 9.17) is 0 Å². The first-order valence-electron chi connectivity index (χ1n) is 6.44. The summed E-state index contributed by atoms with van der Waals surface area (Å²) < 4.78 is 68.2. The van der Waals surface area contributed by atoms with E-state index in [1.807, 2.05) is 18.2 Å². The number of nitrogens with zero attached hydrogens (tertiary/aromatic N) is 1. The van der Waals surface area contributed by atoms with Crippen molar-refractivity contribution in [1.29, 1.82) is 0 Å². The molecule has 0 bridgehead atoms. The van der Waals surface area contributed by atoms with Crippen LogP contribution in [0.25, 0.3) is 0 Å². The molecule has 0 amide bonds. The van der Waals surface area contributed by atoms with Crippen LogP contribution in [0.2, 0.25) is 0 Å². The van der Waals surface area contributed by atoms with Gasteiger partial charge >= 0.3 is 0 Å². The van der Waals surface area contributed by atoms with Crippen LogP contribution in [0.5, 0.6) is 0 Å². The Hall–Kier alpha value is -1.60. The second-order valence-electron chi connectivity index (χ2n) is 4.43. The van der Waals surface area contributed by atoms with Gasteiger partial charge in [-0.25, -0.2) is 26.3 Å². The van der Waals surface area contributed by atoms with Gasteiger partial charge in [0.1, 0.15) is 4.90 Å². The van der Waals surface area contributed by atoms with Crippen molar-refractivity contribution in [3.8, 4) is 0 Å². The largest absolute Gasteiger partial charge is 0.242 e. The molecule has 0 unspecified atom stereocenters. The van der Waals surface area contributed by atoms with Crippen LogP contribution in [0.3, 0.4) is 0 Å². The Labute approximate surface area is 128 Å². The van der Waals surface area contributed by atoms with Crippen molar-refractivity contribution in [3.63, 3.8) is 0 Å². The SMILES string of the molecule is CCN(Cc1ccccc1)Sc1c(F)c(F)c(F)c(F)c1F. The van der Waals surface area contributed by atoms with Crippen molar-refractivity contribution in [3.05, 3.63) is 65.0 Å². The quantitative estimate of drug-likeness (QED) is 0.331. The van der Waals surface area contributed by atoms with Gasteiger partial charge in [-0.2, -0.15) is 0 Å². The maximum Gasteiger partial charge on any atom is 0.200 e. The molecule has 0 aromatic heterocycles. The van der Waals surface area contributed by atoms with Gasteiger partial charge in [-0.15, -0.1) is 0 Å². The van der Waals surface area contributed by atoms with Gasteiger partial charge in [-0.05, 0) is 17.5 Å². The summed E-state index contributed by atoms with van der Waals surface area (Å²) >= 11 is 0.510. The summed E-state index contributed by atoms with van der Waals surface area (Å²) in [4.78, 5) is -0.894. The molecule has 0 aliphatic heterocycles. The summed E-state index contributed by atoms with van der Waals surface area (Å²) in [6, 6.07) is 9.03. The highest BCUT2D eigenvalue weighted by molar-refractivity contribution is 7.97. The molecule has 0 saturated heterocycles. The Morgan fingerprint density at radius 2 is 1.32 bits per heavy atom. The second-order valence-corrected chi connectivity index (χ2v) is 5.54. The molecule has 0 spiro atoms. The van der Waals surface area contributed by atoms with Crippen LogP contribution >= 0.6 is 11.9 Å². The van der Waals surface area contributed by atoms with Crippen molar-refractivity contribution in [1.82, 2.24) is 4.31 Å². The summed E-state index contributed by atoms with van der Waals surface area (Å²) in [5.41, 5.74) is 0.862. The lowest BCUT2D eigenvalue weighted by Crippen LogP contribution is -2.16. The molecule has 2 rings (SSSR count). The lowest BCUT2D eigenvalue weighted by atomic mass is 10.2. The van der Waals surface area contributed by atoms with Gasteiger partial charge in [0, 0.05) is 13.1 Å². The number of hydrogen-bond acceptors (Lipinski definition) is 2. The summed E-state index contributed by atoms with van der Waals surface area (Å²) in [5, 5.41) is 0. The zero-order chi connectivity index (χ0) is 16.3. The molecule has 7 heteroatoms. The van der Waals surface area contributed by atoms with Crippen molar-refractivity contribution in [2.45, 2.75) is 18.4 Å². The Kier molecular flexibility index (Phi) is 5.42. The number of benzene rings is 2. The first kappa shape index (κ1) is 16.8. The highest BCUT2D eigenvalue weighted by Crippen LogP contribution is 2.33. The molecule has 1 nitrogen and oxygen atoms in total. The van der Waals surface area contributed by atoms with E-state index in [1.165, 1.54) is 4.31 Å². The molecular weight excluding hydrogens is 321 g/mol. The Morgan fingerprint density at radius 3 is 1.82 bits per heavy atom. The average molecular weight is 333 g/mol. The van der Waals surface area contributed by atoms with Gasteiger partial charge in [0.2, 0.25) is 5.82 Å². The Balaban J connectivity index is 2.29. The van der Waals surface area contributed by atoms with Crippen LogP contribution in [0, 0.1) is 29.1 Å². The zero-order valence-electron chi connectivity index (χ0n) is 11.5. The van der Waals surface area contributed by atoms with E-state index in [0.29, 0.717) is 25.0 Å². The fourth-order valence-electron chi connectivity index (χ4n) is 1.79. The summed E-state index contributed by atoms with van der Waals surface area (Å²) in [6.07, 6.45) is 0. The molecule has 22 heavy (non-hydrogen) atoms. The number of hydrogen-bond donors (Lipinski definition) is 0. The molecule has 0 aliphatic rings. The van der Waals surface area contributed by atoms with Crippen molar-refractivity contribution in [2.75, 3.05) is 6.54 Å². The van der Waals surface area contributed by atoms with Crippen molar-refractivity contribution in [2.24, 2.45) is 0 Å². The fraction of sp³-hybridized carbons (Fsp3) is 0.200. The smallest absolute Gasteiger partial charge is 0.200 e. The van der Waals surface area contributed by atoms with E-state index in [9.17, 15) is 22.0 Å². The minimum atomic E-state index is -2.15. The molecule has 0 N–H and O–H groups in total. The molecule has 0 saturated carbocycles. The van der Waals surface area contributed by atoms with Crippen molar-refractivity contribution >= 4 is 11.9 Å². The first-order chi connectivity index (χ1) is 10.5. The van der Waals surface area contributed by atoms with E-state index in [1.54, 1.807) is 19.1 Å².